The summed E-state index contributed by atoms with van der Waals surface area (Å²) in [7, 11) is -11.4. The zero-order valence-electron chi connectivity index (χ0n) is 14.7. The molecule has 1 saturated carbocycles. The lowest BCUT2D eigenvalue weighted by Crippen LogP contribution is -2.33. The van der Waals surface area contributed by atoms with Crippen molar-refractivity contribution < 1.29 is 38.4 Å². The molecular weight excluding hydrogens is 430 g/mol. The van der Waals surface area contributed by atoms with Gasteiger partial charge in [0.15, 0.2) is 0 Å². The molecule has 1 atom stereocenters. The number of aryl methyl sites for hydroxylation is 1. The van der Waals surface area contributed by atoms with Crippen LogP contribution in [0.15, 0.2) is 28.0 Å². The van der Waals surface area contributed by atoms with Crippen LogP contribution >= 0.6 is 10.3 Å². The minimum Gasteiger partial charge on any atom is -0.196 e. The first kappa shape index (κ1) is 21.5. The zero-order chi connectivity index (χ0) is 21.0. The fourth-order valence-electron chi connectivity index (χ4n) is 3.77. The smallest absolute Gasteiger partial charge is 0.196 e. The maximum Gasteiger partial charge on any atom is 0.523 e. The first-order chi connectivity index (χ1) is 12.8. The molecule has 1 unspecified atom stereocenters. The Kier molecular flexibility index (Phi) is 5.33. The number of halogens is 6. The van der Waals surface area contributed by atoms with Crippen LogP contribution < -0.4 is 0 Å². The van der Waals surface area contributed by atoms with E-state index in [0.717, 1.165) is 6.07 Å². The van der Waals surface area contributed by atoms with Crippen LogP contribution in [0.1, 0.15) is 43.7 Å². The molecule has 1 fully saturated rings. The van der Waals surface area contributed by atoms with Gasteiger partial charge in [-0.05, 0) is 48.4 Å². The van der Waals surface area contributed by atoms with Gasteiger partial charge in [-0.3, -0.25) is 0 Å². The summed E-state index contributed by atoms with van der Waals surface area (Å²) in [6.07, 6.45) is 3.51. The van der Waals surface area contributed by atoms with Crippen molar-refractivity contribution in [1.29, 1.82) is 0 Å². The Bertz CT molecular complexity index is 898. The third-order valence-electron chi connectivity index (χ3n) is 5.02. The molecule has 3 rings (SSSR count). The van der Waals surface area contributed by atoms with Gasteiger partial charge in [0.05, 0.1) is 0 Å². The summed E-state index contributed by atoms with van der Waals surface area (Å²) < 4.78 is 110. The van der Waals surface area contributed by atoms with E-state index >= 15 is 0 Å². The third kappa shape index (κ3) is 3.24. The van der Waals surface area contributed by atoms with Gasteiger partial charge in [-0.15, -0.1) is 0 Å². The van der Waals surface area contributed by atoms with Crippen LogP contribution in [0.5, 0.6) is 0 Å². The number of fused-ring (bicyclic) bond motifs is 1. The molecule has 0 saturated heterocycles. The Morgan fingerprint density at radius 2 is 1.71 bits per heavy atom. The van der Waals surface area contributed by atoms with Crippen molar-refractivity contribution in [2.45, 2.75) is 54.9 Å². The van der Waals surface area contributed by atoms with Crippen LogP contribution in [-0.4, -0.2) is 19.4 Å². The summed E-state index contributed by atoms with van der Waals surface area (Å²) in [6, 6.07) is 3.90. The Morgan fingerprint density at radius 3 is 2.21 bits per heavy atom. The van der Waals surface area contributed by atoms with Crippen molar-refractivity contribution in [2.75, 3.05) is 0 Å². The Labute approximate surface area is 160 Å². The van der Waals surface area contributed by atoms with E-state index in [1.807, 2.05) is 0 Å². The summed E-state index contributed by atoms with van der Waals surface area (Å²) in [5, 5.41) is 0. The molecule has 1 aromatic carbocycles. The quantitative estimate of drug-likeness (QED) is 0.404. The zero-order valence-corrected chi connectivity index (χ0v) is 16.4. The average Bonchev–Trinajstić information content (AvgIpc) is 3.19. The average molecular weight is 448 g/mol. The third-order valence-corrected chi connectivity index (χ3v) is 9.87. The first-order valence-electron chi connectivity index (χ1n) is 8.60. The Balaban J connectivity index is 2.31. The van der Waals surface area contributed by atoms with Crippen molar-refractivity contribution in [3.8, 4) is 0 Å². The van der Waals surface area contributed by atoms with E-state index in [-0.39, 0.29) is 10.5 Å². The molecule has 0 spiro atoms. The molecule has 1 aromatic rings. The van der Waals surface area contributed by atoms with Gasteiger partial charge in [0, 0.05) is 20.1 Å². The summed E-state index contributed by atoms with van der Waals surface area (Å²) in [6.45, 7) is 1.70. The standard InChI is InChI=1S/C17H18F6O3S2/c1-2-11-8-5-9-14-13(11)10-15(12-6-3-4-7-12)27(14,16(18,19)20)26-28(24,25)17(21,22)23/h5,8-10,12H,2-4,6-7H2,1H3. The second-order valence-corrected chi connectivity index (χ2v) is 11.1. The van der Waals surface area contributed by atoms with Gasteiger partial charge in [-0.1, -0.05) is 31.9 Å². The maximum atomic E-state index is 14.4. The molecule has 3 nitrogen and oxygen atoms in total. The van der Waals surface area contributed by atoms with Gasteiger partial charge in [-0.2, -0.15) is 38.4 Å². The highest BCUT2D eigenvalue weighted by Crippen LogP contribution is 2.80. The van der Waals surface area contributed by atoms with Gasteiger partial charge in [-0.25, -0.2) is 0 Å². The number of allylic oxidation sites excluding steroid dienone is 1. The molecule has 1 aliphatic heterocycles. The van der Waals surface area contributed by atoms with E-state index in [4.69, 9.17) is 0 Å². The van der Waals surface area contributed by atoms with Crippen LogP contribution in [-0.2, 0) is 20.2 Å². The van der Waals surface area contributed by atoms with E-state index in [2.05, 4.69) is 3.63 Å². The Morgan fingerprint density at radius 1 is 1.11 bits per heavy atom. The molecular formula is C17H18F6O3S2. The van der Waals surface area contributed by atoms with Crippen LogP contribution in [0.4, 0.5) is 26.3 Å². The molecule has 1 aliphatic carbocycles. The highest BCUT2D eigenvalue weighted by molar-refractivity contribution is 8.37. The minimum atomic E-state index is -6.47. The SMILES string of the molecule is CCc1cccc2c1C=C(C1CCCC1)S2(OS(=O)(=O)C(F)(F)F)C(F)(F)F. The lowest BCUT2D eigenvalue weighted by molar-refractivity contribution is -0.0547. The molecule has 0 amide bonds. The van der Waals surface area contributed by atoms with Gasteiger partial charge >= 0.3 is 21.1 Å². The molecule has 0 radical (unpaired) electrons. The van der Waals surface area contributed by atoms with E-state index in [9.17, 15) is 34.8 Å². The lowest BCUT2D eigenvalue weighted by Gasteiger charge is -2.41. The predicted octanol–water partition coefficient (Wildman–Crippen LogP) is 6.26. The van der Waals surface area contributed by atoms with E-state index in [0.29, 0.717) is 37.7 Å². The van der Waals surface area contributed by atoms with Crippen molar-refractivity contribution in [3.05, 3.63) is 34.2 Å². The predicted molar refractivity (Wildman–Crippen MR) is 93.7 cm³/mol. The molecule has 0 N–H and O–H groups in total. The summed E-state index contributed by atoms with van der Waals surface area (Å²) in [4.78, 5) is -0.893. The van der Waals surface area contributed by atoms with Crippen molar-refractivity contribution >= 4 is 26.5 Å². The molecule has 2 aliphatic rings. The second-order valence-electron chi connectivity index (χ2n) is 6.68. The van der Waals surface area contributed by atoms with Gasteiger partial charge in [0.25, 0.3) is 0 Å². The van der Waals surface area contributed by atoms with Crippen molar-refractivity contribution in [1.82, 2.24) is 0 Å². The Hall–Kier alpha value is -1.20. The van der Waals surface area contributed by atoms with Gasteiger partial charge in [0.1, 0.15) is 0 Å². The van der Waals surface area contributed by atoms with Crippen LogP contribution in [0.3, 0.4) is 0 Å². The summed E-state index contributed by atoms with van der Waals surface area (Å²) in [5.74, 6) is -0.669. The minimum absolute atomic E-state index is 0.122. The highest BCUT2D eigenvalue weighted by atomic mass is 32.3. The normalized spacial score (nSPS) is 26.0. The van der Waals surface area contributed by atoms with Gasteiger partial charge < -0.3 is 0 Å². The monoisotopic (exact) mass is 448 g/mol. The first-order valence-corrected chi connectivity index (χ1v) is 11.6. The highest BCUT2D eigenvalue weighted by Gasteiger charge is 2.65. The molecule has 1 heterocycles. The molecule has 0 aromatic heterocycles. The summed E-state index contributed by atoms with van der Waals surface area (Å²) >= 11 is 0. The van der Waals surface area contributed by atoms with Crippen LogP contribution in [0.25, 0.3) is 6.08 Å². The number of hydrogen-bond donors (Lipinski definition) is 0. The molecule has 28 heavy (non-hydrogen) atoms. The summed E-state index contributed by atoms with van der Waals surface area (Å²) in [5.41, 5.74) is -10.7. The number of hydrogen-bond acceptors (Lipinski definition) is 3. The lowest BCUT2D eigenvalue weighted by atomic mass is 10.0. The number of benzene rings is 1. The van der Waals surface area contributed by atoms with E-state index in [1.54, 1.807) is 13.0 Å². The molecule has 11 heteroatoms. The fraction of sp³-hybridized carbons (Fsp3) is 0.529. The van der Waals surface area contributed by atoms with Crippen molar-refractivity contribution in [3.63, 3.8) is 0 Å². The van der Waals surface area contributed by atoms with Crippen molar-refractivity contribution in [2.24, 2.45) is 5.92 Å². The second kappa shape index (κ2) is 6.94. The molecule has 0 bridgehead atoms. The maximum absolute atomic E-state index is 14.4. The number of alkyl halides is 6. The van der Waals surface area contributed by atoms with E-state index in [1.165, 1.54) is 12.1 Å². The fourth-order valence-corrected chi connectivity index (χ4v) is 8.60. The van der Waals surface area contributed by atoms with Gasteiger partial charge in [0.2, 0.25) is 0 Å². The van der Waals surface area contributed by atoms with Crippen LogP contribution in [0.2, 0.25) is 0 Å². The van der Waals surface area contributed by atoms with E-state index < -0.39 is 42.3 Å². The number of rotatable bonds is 4. The van der Waals surface area contributed by atoms with Crippen LogP contribution in [0, 0.1) is 5.92 Å². The molecule has 158 valence electrons. The topological polar surface area (TPSA) is 43.4 Å². The largest absolute Gasteiger partial charge is 0.523 e.